The molecule has 2 aromatic rings. The van der Waals surface area contributed by atoms with Gasteiger partial charge in [0.1, 0.15) is 0 Å². The first kappa shape index (κ1) is 10.7. The van der Waals surface area contributed by atoms with Gasteiger partial charge in [-0.3, -0.25) is 0 Å². The number of nitrogens with zero attached hydrogens (tertiary/aromatic N) is 2. The SMILES string of the molecule is Nc1ccc(-c2nc(C3CCOCC3)no2)s1. The fraction of sp³-hybridized carbons (Fsp3) is 0.455. The van der Waals surface area contributed by atoms with E-state index >= 15 is 0 Å². The molecular formula is C11H13N3O2S. The Labute approximate surface area is 103 Å². The Morgan fingerprint density at radius 1 is 1.29 bits per heavy atom. The van der Waals surface area contributed by atoms with Crippen molar-refractivity contribution in [2.24, 2.45) is 0 Å². The van der Waals surface area contributed by atoms with Gasteiger partial charge in [0, 0.05) is 19.1 Å². The van der Waals surface area contributed by atoms with Gasteiger partial charge in [0.2, 0.25) is 0 Å². The van der Waals surface area contributed by atoms with Crippen LogP contribution in [-0.4, -0.2) is 23.4 Å². The molecule has 90 valence electrons. The van der Waals surface area contributed by atoms with Gasteiger partial charge in [0.05, 0.1) is 9.88 Å². The molecule has 0 radical (unpaired) electrons. The summed E-state index contributed by atoms with van der Waals surface area (Å²) in [4.78, 5) is 5.36. The highest BCUT2D eigenvalue weighted by atomic mass is 32.1. The van der Waals surface area contributed by atoms with Gasteiger partial charge in [-0.25, -0.2) is 0 Å². The van der Waals surface area contributed by atoms with Crippen molar-refractivity contribution in [2.45, 2.75) is 18.8 Å². The van der Waals surface area contributed by atoms with Crippen molar-refractivity contribution in [3.05, 3.63) is 18.0 Å². The number of aromatic nitrogens is 2. The Morgan fingerprint density at radius 2 is 2.12 bits per heavy atom. The fourth-order valence-corrected chi connectivity index (χ4v) is 2.62. The lowest BCUT2D eigenvalue weighted by molar-refractivity contribution is 0.0830. The molecule has 17 heavy (non-hydrogen) atoms. The third kappa shape index (κ3) is 2.18. The minimum absolute atomic E-state index is 0.360. The number of nitrogens with two attached hydrogens (primary N) is 1. The van der Waals surface area contributed by atoms with Crippen molar-refractivity contribution in [2.75, 3.05) is 18.9 Å². The summed E-state index contributed by atoms with van der Waals surface area (Å²) in [6.07, 6.45) is 1.93. The van der Waals surface area contributed by atoms with Crippen LogP contribution < -0.4 is 5.73 Å². The maximum Gasteiger partial charge on any atom is 0.268 e. The number of ether oxygens (including phenoxy) is 1. The molecule has 5 nitrogen and oxygen atoms in total. The molecule has 0 spiro atoms. The van der Waals surface area contributed by atoms with Gasteiger partial charge < -0.3 is 15.0 Å². The number of rotatable bonds is 2. The predicted molar refractivity (Wildman–Crippen MR) is 64.8 cm³/mol. The standard InChI is InChI=1S/C11H13N3O2S/c12-9-2-1-8(17-9)11-13-10(14-16-11)7-3-5-15-6-4-7/h1-2,7H,3-6,12H2. The molecule has 1 fully saturated rings. The second-order valence-electron chi connectivity index (χ2n) is 4.05. The first-order chi connectivity index (χ1) is 8.33. The molecule has 2 N–H and O–H groups in total. The van der Waals surface area contributed by atoms with Crippen LogP contribution in [0.5, 0.6) is 0 Å². The van der Waals surface area contributed by atoms with Crippen LogP contribution in [0.1, 0.15) is 24.6 Å². The number of anilines is 1. The molecule has 1 aliphatic rings. The average molecular weight is 251 g/mol. The Kier molecular flexibility index (Phi) is 2.82. The van der Waals surface area contributed by atoms with E-state index in [9.17, 15) is 0 Å². The maximum atomic E-state index is 5.68. The van der Waals surface area contributed by atoms with Gasteiger partial charge >= 0.3 is 0 Å². The number of nitrogen functional groups attached to an aromatic ring is 1. The van der Waals surface area contributed by atoms with Crippen molar-refractivity contribution in [3.63, 3.8) is 0 Å². The summed E-state index contributed by atoms with van der Waals surface area (Å²) in [6, 6.07) is 3.75. The first-order valence-electron chi connectivity index (χ1n) is 5.60. The summed E-state index contributed by atoms with van der Waals surface area (Å²) < 4.78 is 10.6. The number of thiophene rings is 1. The lowest BCUT2D eigenvalue weighted by Crippen LogP contribution is -2.15. The van der Waals surface area contributed by atoms with E-state index < -0.39 is 0 Å². The highest BCUT2D eigenvalue weighted by Crippen LogP contribution is 2.31. The van der Waals surface area contributed by atoms with Crippen LogP contribution >= 0.6 is 11.3 Å². The molecule has 0 unspecified atom stereocenters. The fourth-order valence-electron chi connectivity index (χ4n) is 1.92. The molecule has 3 rings (SSSR count). The molecule has 0 amide bonds. The van der Waals surface area contributed by atoms with Gasteiger partial charge in [-0.15, -0.1) is 11.3 Å². The van der Waals surface area contributed by atoms with Gasteiger partial charge in [-0.1, -0.05) is 5.16 Å². The van der Waals surface area contributed by atoms with E-state index in [-0.39, 0.29) is 0 Å². The monoisotopic (exact) mass is 251 g/mol. The van der Waals surface area contributed by atoms with Crippen molar-refractivity contribution < 1.29 is 9.26 Å². The van der Waals surface area contributed by atoms with Crippen molar-refractivity contribution in [1.29, 1.82) is 0 Å². The maximum absolute atomic E-state index is 5.68. The molecule has 0 bridgehead atoms. The molecule has 0 aliphatic carbocycles. The predicted octanol–water partition coefficient (Wildman–Crippen LogP) is 2.27. The highest BCUT2D eigenvalue weighted by molar-refractivity contribution is 7.19. The van der Waals surface area contributed by atoms with Gasteiger partial charge in [0.25, 0.3) is 5.89 Å². The van der Waals surface area contributed by atoms with Gasteiger partial charge in [-0.2, -0.15) is 4.98 Å². The van der Waals surface area contributed by atoms with Gasteiger partial charge in [-0.05, 0) is 25.0 Å². The third-order valence-electron chi connectivity index (χ3n) is 2.87. The third-order valence-corrected chi connectivity index (χ3v) is 3.77. The summed E-state index contributed by atoms with van der Waals surface area (Å²) >= 11 is 1.46. The van der Waals surface area contributed by atoms with Crippen LogP contribution in [0.25, 0.3) is 10.8 Å². The minimum atomic E-state index is 0.360. The Bertz CT molecular complexity index is 502. The minimum Gasteiger partial charge on any atom is -0.391 e. The second kappa shape index (κ2) is 4.46. The zero-order valence-electron chi connectivity index (χ0n) is 9.26. The van der Waals surface area contributed by atoms with Crippen LogP contribution in [0.15, 0.2) is 16.7 Å². The van der Waals surface area contributed by atoms with E-state index in [1.165, 1.54) is 11.3 Å². The summed E-state index contributed by atoms with van der Waals surface area (Å²) in [5, 5.41) is 4.81. The highest BCUT2D eigenvalue weighted by Gasteiger charge is 2.22. The average Bonchev–Trinajstić information content (AvgIpc) is 2.98. The van der Waals surface area contributed by atoms with E-state index in [2.05, 4.69) is 10.1 Å². The summed E-state index contributed by atoms with van der Waals surface area (Å²) in [6.45, 7) is 1.56. The van der Waals surface area contributed by atoms with E-state index in [4.69, 9.17) is 15.0 Å². The van der Waals surface area contributed by atoms with Crippen LogP contribution in [0.2, 0.25) is 0 Å². The number of hydrogen-bond acceptors (Lipinski definition) is 6. The van der Waals surface area contributed by atoms with E-state index in [0.717, 1.165) is 41.8 Å². The summed E-state index contributed by atoms with van der Waals surface area (Å²) in [7, 11) is 0. The largest absolute Gasteiger partial charge is 0.391 e. The van der Waals surface area contributed by atoms with Crippen molar-refractivity contribution in [3.8, 4) is 10.8 Å². The Balaban J connectivity index is 1.82. The topological polar surface area (TPSA) is 74.2 Å². The van der Waals surface area contributed by atoms with E-state index in [1.807, 2.05) is 12.1 Å². The molecule has 1 aliphatic heterocycles. The number of hydrogen-bond donors (Lipinski definition) is 1. The van der Waals surface area contributed by atoms with E-state index in [0.29, 0.717) is 11.8 Å². The quantitative estimate of drug-likeness (QED) is 0.886. The Hall–Kier alpha value is -1.40. The van der Waals surface area contributed by atoms with Crippen molar-refractivity contribution in [1.82, 2.24) is 10.1 Å². The second-order valence-corrected chi connectivity index (χ2v) is 5.16. The van der Waals surface area contributed by atoms with Crippen LogP contribution in [-0.2, 0) is 4.74 Å². The van der Waals surface area contributed by atoms with Gasteiger partial charge in [0.15, 0.2) is 5.82 Å². The Morgan fingerprint density at radius 3 is 2.82 bits per heavy atom. The lowest BCUT2D eigenvalue weighted by Gasteiger charge is -2.18. The zero-order valence-corrected chi connectivity index (χ0v) is 10.1. The smallest absolute Gasteiger partial charge is 0.268 e. The molecular weight excluding hydrogens is 238 g/mol. The molecule has 3 heterocycles. The van der Waals surface area contributed by atoms with Crippen LogP contribution in [0.3, 0.4) is 0 Å². The van der Waals surface area contributed by atoms with Crippen LogP contribution in [0, 0.1) is 0 Å². The first-order valence-corrected chi connectivity index (χ1v) is 6.41. The zero-order chi connectivity index (χ0) is 11.7. The molecule has 2 aromatic heterocycles. The molecule has 1 saturated heterocycles. The molecule has 0 atom stereocenters. The van der Waals surface area contributed by atoms with Crippen LogP contribution in [0.4, 0.5) is 5.00 Å². The van der Waals surface area contributed by atoms with E-state index in [1.54, 1.807) is 0 Å². The molecule has 0 aromatic carbocycles. The molecule has 0 saturated carbocycles. The van der Waals surface area contributed by atoms with Crippen molar-refractivity contribution >= 4 is 16.3 Å². The summed E-state index contributed by atoms with van der Waals surface area (Å²) in [5.41, 5.74) is 5.68. The normalized spacial score (nSPS) is 17.4. The molecule has 6 heteroatoms. The lowest BCUT2D eigenvalue weighted by atomic mass is 10.00. The summed E-state index contributed by atoms with van der Waals surface area (Å²) in [5.74, 6) is 1.71.